The Labute approximate surface area is 128 Å². The molecule has 0 radical (unpaired) electrons. The molecular weight excluding hydrogens is 311 g/mol. The number of hydroxylamine groups is 1. The summed E-state index contributed by atoms with van der Waals surface area (Å²) in [5.41, 5.74) is 1.52. The third-order valence-corrected chi connectivity index (χ3v) is 5.38. The smallest absolute Gasteiger partial charge is 0.261 e. The highest BCUT2D eigenvalue weighted by molar-refractivity contribution is 7.89. The van der Waals surface area contributed by atoms with Gasteiger partial charge in [-0.1, -0.05) is 19.3 Å². The molecule has 1 aliphatic carbocycles. The highest BCUT2D eigenvalue weighted by atomic mass is 32.2. The summed E-state index contributed by atoms with van der Waals surface area (Å²) in [5, 5.41) is 8.86. The summed E-state index contributed by atoms with van der Waals surface area (Å²) in [4.78, 5) is 11.7. The van der Waals surface area contributed by atoms with Gasteiger partial charge in [-0.15, -0.1) is 0 Å². The van der Waals surface area contributed by atoms with E-state index in [1.54, 1.807) is 0 Å². The molecule has 6 nitrogen and oxygen atoms in total. The quantitative estimate of drug-likeness (QED) is 0.564. The molecule has 8 heteroatoms. The highest BCUT2D eigenvalue weighted by Crippen LogP contribution is 2.27. The minimum atomic E-state index is -3.97. The molecule has 1 aromatic carbocycles. The van der Waals surface area contributed by atoms with E-state index in [1.807, 2.05) is 0 Å². The van der Waals surface area contributed by atoms with Crippen LogP contribution in [0.2, 0.25) is 0 Å². The van der Waals surface area contributed by atoms with Gasteiger partial charge in [-0.3, -0.25) is 10.0 Å². The summed E-state index contributed by atoms with van der Waals surface area (Å²) in [6, 6.07) is 3.30. The van der Waals surface area contributed by atoms with Gasteiger partial charge >= 0.3 is 0 Å². The lowest BCUT2D eigenvalue weighted by Crippen LogP contribution is -2.50. The summed E-state index contributed by atoms with van der Waals surface area (Å²) in [6.07, 6.45) is 4.30. The van der Waals surface area contributed by atoms with Crippen molar-refractivity contribution in [1.29, 1.82) is 0 Å². The maximum atomic E-state index is 12.9. The average Bonchev–Trinajstić information content (AvgIpc) is 2.53. The van der Waals surface area contributed by atoms with Crippen LogP contribution in [0.3, 0.4) is 0 Å². The number of amides is 1. The largest absolute Gasteiger partial charge is 0.289 e. The minimum Gasteiger partial charge on any atom is -0.289 e. The van der Waals surface area contributed by atoms with Crippen molar-refractivity contribution in [2.45, 2.75) is 43.0 Å². The fourth-order valence-corrected chi connectivity index (χ4v) is 4.01. The van der Waals surface area contributed by atoms with Gasteiger partial charge in [0.1, 0.15) is 11.9 Å². The molecule has 1 aliphatic rings. The maximum absolute atomic E-state index is 12.9. The lowest BCUT2D eigenvalue weighted by Gasteiger charge is -2.29. The molecule has 0 spiro atoms. The van der Waals surface area contributed by atoms with Gasteiger partial charge in [0.2, 0.25) is 10.0 Å². The summed E-state index contributed by atoms with van der Waals surface area (Å²) < 4.78 is 39.9. The first kappa shape index (κ1) is 16.9. The van der Waals surface area contributed by atoms with Crippen LogP contribution < -0.4 is 10.2 Å². The third-order valence-electron chi connectivity index (χ3n) is 3.92. The van der Waals surface area contributed by atoms with Crippen molar-refractivity contribution in [3.8, 4) is 0 Å². The van der Waals surface area contributed by atoms with Crippen molar-refractivity contribution in [1.82, 2.24) is 10.2 Å². The Kier molecular flexibility index (Phi) is 5.49. The molecule has 0 aromatic heterocycles. The number of carbonyl (C=O) groups excluding carboxylic acids is 1. The van der Waals surface area contributed by atoms with Crippen LogP contribution in [0.4, 0.5) is 4.39 Å². The standard InChI is InChI=1S/C14H19FN2O4S/c15-11-6-8-12(9-7-11)22(20,21)17-13(14(18)16-19)10-4-2-1-3-5-10/h6-10,13,17,19H,1-5H2,(H,16,18). The first-order chi connectivity index (χ1) is 10.4. The van der Waals surface area contributed by atoms with Gasteiger partial charge in [0.25, 0.3) is 5.91 Å². The topological polar surface area (TPSA) is 95.5 Å². The summed E-state index contributed by atoms with van der Waals surface area (Å²) in [5.74, 6) is -1.50. The van der Waals surface area contributed by atoms with E-state index in [2.05, 4.69) is 4.72 Å². The molecule has 0 heterocycles. The SMILES string of the molecule is O=C(NO)C(NS(=O)(=O)c1ccc(F)cc1)C1CCCCC1. The van der Waals surface area contributed by atoms with Crippen LogP contribution in [0.15, 0.2) is 29.2 Å². The van der Waals surface area contributed by atoms with Crippen molar-refractivity contribution < 1.29 is 22.8 Å². The summed E-state index contributed by atoms with van der Waals surface area (Å²) in [7, 11) is -3.97. The van der Waals surface area contributed by atoms with Gasteiger partial charge < -0.3 is 0 Å². The molecule has 1 aromatic rings. The van der Waals surface area contributed by atoms with Gasteiger partial charge in [-0.2, -0.15) is 4.72 Å². The fourth-order valence-electron chi connectivity index (χ4n) is 2.75. The van der Waals surface area contributed by atoms with Gasteiger partial charge in [0.15, 0.2) is 0 Å². The lowest BCUT2D eigenvalue weighted by molar-refractivity contribution is -0.132. The van der Waals surface area contributed by atoms with Crippen LogP contribution in [-0.4, -0.2) is 25.6 Å². The Hall–Kier alpha value is -1.51. The number of halogens is 1. The van der Waals surface area contributed by atoms with Crippen molar-refractivity contribution in [3.63, 3.8) is 0 Å². The van der Waals surface area contributed by atoms with Gasteiger partial charge in [-0.25, -0.2) is 18.3 Å². The second-order valence-electron chi connectivity index (χ2n) is 5.43. The van der Waals surface area contributed by atoms with Crippen LogP contribution >= 0.6 is 0 Å². The van der Waals surface area contributed by atoms with E-state index in [4.69, 9.17) is 5.21 Å². The molecule has 1 amide bonds. The third kappa shape index (κ3) is 4.02. The Bertz CT molecular complexity index is 612. The summed E-state index contributed by atoms with van der Waals surface area (Å²) in [6.45, 7) is 0. The predicted octanol–water partition coefficient (Wildman–Crippen LogP) is 1.56. The Morgan fingerprint density at radius 3 is 2.32 bits per heavy atom. The van der Waals surface area contributed by atoms with Crippen LogP contribution in [0.25, 0.3) is 0 Å². The molecule has 3 N–H and O–H groups in total. The van der Waals surface area contributed by atoms with E-state index < -0.39 is 27.8 Å². The molecule has 1 unspecified atom stereocenters. The number of hydrogen-bond acceptors (Lipinski definition) is 4. The van der Waals surface area contributed by atoms with Crippen molar-refractivity contribution in [2.24, 2.45) is 5.92 Å². The Balaban J connectivity index is 2.21. The monoisotopic (exact) mass is 330 g/mol. The van der Waals surface area contributed by atoms with E-state index in [9.17, 15) is 17.6 Å². The number of sulfonamides is 1. The average molecular weight is 330 g/mol. The summed E-state index contributed by atoms with van der Waals surface area (Å²) >= 11 is 0. The molecule has 1 fully saturated rings. The molecule has 122 valence electrons. The lowest BCUT2D eigenvalue weighted by atomic mass is 9.84. The van der Waals surface area contributed by atoms with Crippen molar-refractivity contribution >= 4 is 15.9 Å². The van der Waals surface area contributed by atoms with Crippen molar-refractivity contribution in [2.75, 3.05) is 0 Å². The van der Waals surface area contributed by atoms with E-state index in [1.165, 1.54) is 5.48 Å². The zero-order valence-corrected chi connectivity index (χ0v) is 12.8. The first-order valence-electron chi connectivity index (χ1n) is 7.16. The molecule has 1 atom stereocenters. The number of hydrogen-bond donors (Lipinski definition) is 3. The molecular formula is C14H19FN2O4S. The van der Waals surface area contributed by atoms with Gasteiger partial charge in [0.05, 0.1) is 4.90 Å². The second-order valence-corrected chi connectivity index (χ2v) is 7.14. The van der Waals surface area contributed by atoms with Gasteiger partial charge in [-0.05, 0) is 43.0 Å². The zero-order valence-electron chi connectivity index (χ0n) is 12.0. The van der Waals surface area contributed by atoms with Crippen LogP contribution in [0, 0.1) is 11.7 Å². The molecule has 0 aliphatic heterocycles. The number of nitrogens with one attached hydrogen (secondary N) is 2. The van der Waals surface area contributed by atoms with E-state index in [-0.39, 0.29) is 10.8 Å². The highest BCUT2D eigenvalue weighted by Gasteiger charge is 2.33. The molecule has 2 rings (SSSR count). The Morgan fingerprint density at radius 1 is 1.18 bits per heavy atom. The van der Waals surface area contributed by atoms with Crippen LogP contribution in [0.1, 0.15) is 32.1 Å². The van der Waals surface area contributed by atoms with Crippen LogP contribution in [0.5, 0.6) is 0 Å². The number of rotatable bonds is 5. The normalized spacial score (nSPS) is 17.9. The zero-order chi connectivity index (χ0) is 16.2. The molecule has 22 heavy (non-hydrogen) atoms. The molecule has 1 saturated carbocycles. The maximum Gasteiger partial charge on any atom is 0.261 e. The molecule has 0 bridgehead atoms. The fraction of sp³-hybridized carbons (Fsp3) is 0.500. The first-order valence-corrected chi connectivity index (χ1v) is 8.64. The van der Waals surface area contributed by atoms with E-state index in [0.717, 1.165) is 43.5 Å². The van der Waals surface area contributed by atoms with Gasteiger partial charge in [0, 0.05) is 0 Å². The van der Waals surface area contributed by atoms with Crippen molar-refractivity contribution in [3.05, 3.63) is 30.1 Å². The minimum absolute atomic E-state index is 0.125. The van der Waals surface area contributed by atoms with Crippen LogP contribution in [-0.2, 0) is 14.8 Å². The number of benzene rings is 1. The predicted molar refractivity (Wildman–Crippen MR) is 77.0 cm³/mol. The molecule has 0 saturated heterocycles. The van der Waals surface area contributed by atoms with E-state index in [0.29, 0.717) is 12.8 Å². The van der Waals surface area contributed by atoms with E-state index >= 15 is 0 Å². The number of carbonyl (C=O) groups is 1. The Morgan fingerprint density at radius 2 is 1.77 bits per heavy atom. The second kappa shape index (κ2) is 7.17.